The van der Waals surface area contributed by atoms with Gasteiger partial charge in [-0.3, -0.25) is 0 Å². The SMILES string of the molecule is Cc1cc2c(cc1C(O)C#Cc1cc[c]cc1)C(C)(C)CCC2(C)C. The standard InChI is InChI=1S/C24H27O/c1-17-15-20-21(24(4,5)14-13-23(20,2)3)16-19(17)22(25)12-11-18-9-7-6-8-10-18/h7-10,15-16,22,25H,13-14H2,1-5H3. The Labute approximate surface area is 152 Å². The highest BCUT2D eigenvalue weighted by atomic mass is 16.3. The lowest BCUT2D eigenvalue weighted by Crippen LogP contribution is -2.34. The van der Waals surface area contributed by atoms with Crippen molar-refractivity contribution >= 4 is 0 Å². The second kappa shape index (κ2) is 6.36. The number of fused-ring (bicyclic) bond motifs is 1. The van der Waals surface area contributed by atoms with E-state index in [1.165, 1.54) is 17.5 Å². The molecule has 0 bridgehead atoms. The minimum Gasteiger partial charge on any atom is -0.376 e. The normalized spacial score (nSPS) is 18.6. The molecule has 2 aromatic carbocycles. The predicted octanol–water partition coefficient (Wildman–Crippen LogP) is 5.23. The van der Waals surface area contributed by atoms with Gasteiger partial charge in [-0.05, 0) is 71.0 Å². The molecule has 1 radical (unpaired) electrons. The van der Waals surface area contributed by atoms with Crippen LogP contribution in [0.5, 0.6) is 0 Å². The highest BCUT2D eigenvalue weighted by molar-refractivity contribution is 5.49. The zero-order chi connectivity index (χ0) is 18.2. The van der Waals surface area contributed by atoms with Crippen LogP contribution < -0.4 is 0 Å². The van der Waals surface area contributed by atoms with Gasteiger partial charge in [-0.15, -0.1) is 0 Å². The van der Waals surface area contributed by atoms with Gasteiger partial charge >= 0.3 is 0 Å². The number of aryl methyl sites for hydroxylation is 1. The summed E-state index contributed by atoms with van der Waals surface area (Å²) in [7, 11) is 0. The maximum atomic E-state index is 10.7. The van der Waals surface area contributed by atoms with Crippen molar-refractivity contribution in [3.63, 3.8) is 0 Å². The van der Waals surface area contributed by atoms with Gasteiger partial charge in [-0.1, -0.05) is 63.8 Å². The molecule has 1 unspecified atom stereocenters. The maximum Gasteiger partial charge on any atom is 0.140 e. The Kier molecular flexibility index (Phi) is 4.52. The van der Waals surface area contributed by atoms with Crippen molar-refractivity contribution in [1.29, 1.82) is 0 Å². The summed E-state index contributed by atoms with van der Waals surface area (Å²) in [5.41, 5.74) is 6.05. The number of rotatable bonds is 1. The molecule has 0 heterocycles. The average Bonchev–Trinajstić information content (AvgIpc) is 2.57. The van der Waals surface area contributed by atoms with Crippen molar-refractivity contribution in [2.45, 2.75) is 64.4 Å². The van der Waals surface area contributed by atoms with Crippen molar-refractivity contribution in [2.24, 2.45) is 0 Å². The molecule has 1 nitrogen and oxygen atoms in total. The van der Waals surface area contributed by atoms with Gasteiger partial charge in [0.15, 0.2) is 0 Å². The van der Waals surface area contributed by atoms with Gasteiger partial charge in [-0.2, -0.15) is 0 Å². The Morgan fingerprint density at radius 2 is 1.56 bits per heavy atom. The van der Waals surface area contributed by atoms with E-state index >= 15 is 0 Å². The molecule has 0 aromatic heterocycles. The number of benzene rings is 2. The molecule has 25 heavy (non-hydrogen) atoms. The molecule has 0 aliphatic heterocycles. The number of hydrogen-bond acceptors (Lipinski definition) is 1. The first kappa shape index (κ1) is 17.8. The van der Waals surface area contributed by atoms with Crippen molar-refractivity contribution in [1.82, 2.24) is 0 Å². The van der Waals surface area contributed by atoms with Crippen LogP contribution >= 0.6 is 0 Å². The summed E-state index contributed by atoms with van der Waals surface area (Å²) in [5.74, 6) is 6.07. The molecule has 0 amide bonds. The maximum absolute atomic E-state index is 10.7. The van der Waals surface area contributed by atoms with Crippen molar-refractivity contribution in [3.05, 3.63) is 70.3 Å². The fourth-order valence-electron chi connectivity index (χ4n) is 3.73. The molecule has 1 heteroatoms. The van der Waals surface area contributed by atoms with Crippen LogP contribution in [0.15, 0.2) is 36.4 Å². The monoisotopic (exact) mass is 331 g/mol. The third kappa shape index (κ3) is 3.51. The first-order valence-corrected chi connectivity index (χ1v) is 9.02. The van der Waals surface area contributed by atoms with Crippen LogP contribution in [-0.4, -0.2) is 5.11 Å². The van der Waals surface area contributed by atoms with Gasteiger partial charge in [0.05, 0.1) is 0 Å². The molecular formula is C24H27O. The number of aliphatic hydroxyl groups excluding tert-OH is 1. The molecular weight excluding hydrogens is 304 g/mol. The van der Waals surface area contributed by atoms with E-state index in [4.69, 9.17) is 0 Å². The molecule has 1 N–H and O–H groups in total. The summed E-state index contributed by atoms with van der Waals surface area (Å²) in [6, 6.07) is 14.9. The molecule has 1 aliphatic rings. The van der Waals surface area contributed by atoms with Crippen LogP contribution in [0.4, 0.5) is 0 Å². The lowest BCUT2D eigenvalue weighted by Gasteiger charge is -2.42. The molecule has 129 valence electrons. The van der Waals surface area contributed by atoms with Crippen LogP contribution in [0, 0.1) is 24.8 Å². The van der Waals surface area contributed by atoms with Gasteiger partial charge in [0.1, 0.15) is 6.10 Å². The second-order valence-electron chi connectivity index (χ2n) is 8.48. The predicted molar refractivity (Wildman–Crippen MR) is 104 cm³/mol. The summed E-state index contributed by atoms with van der Waals surface area (Å²) in [5, 5.41) is 10.7. The van der Waals surface area contributed by atoms with Crippen LogP contribution in [0.25, 0.3) is 0 Å². The van der Waals surface area contributed by atoms with E-state index in [2.05, 4.69) is 64.7 Å². The Morgan fingerprint density at radius 1 is 1.00 bits per heavy atom. The van der Waals surface area contributed by atoms with Crippen LogP contribution in [0.1, 0.15) is 74.5 Å². The summed E-state index contributed by atoms with van der Waals surface area (Å²) >= 11 is 0. The van der Waals surface area contributed by atoms with E-state index in [0.29, 0.717) is 0 Å². The zero-order valence-electron chi connectivity index (χ0n) is 15.9. The van der Waals surface area contributed by atoms with Crippen molar-refractivity contribution in [2.75, 3.05) is 0 Å². The highest BCUT2D eigenvalue weighted by Gasteiger charge is 2.37. The van der Waals surface area contributed by atoms with E-state index in [9.17, 15) is 5.11 Å². The number of aliphatic hydroxyl groups is 1. The topological polar surface area (TPSA) is 20.2 Å². The smallest absolute Gasteiger partial charge is 0.140 e. The lowest BCUT2D eigenvalue weighted by molar-refractivity contribution is 0.236. The minimum absolute atomic E-state index is 0.135. The van der Waals surface area contributed by atoms with Crippen LogP contribution in [0.3, 0.4) is 0 Å². The van der Waals surface area contributed by atoms with Gasteiger partial charge in [0, 0.05) is 5.56 Å². The van der Waals surface area contributed by atoms with Crippen molar-refractivity contribution in [3.8, 4) is 11.8 Å². The minimum atomic E-state index is -0.768. The van der Waals surface area contributed by atoms with E-state index in [-0.39, 0.29) is 10.8 Å². The second-order valence-corrected chi connectivity index (χ2v) is 8.48. The Bertz CT molecular complexity index is 832. The first-order chi connectivity index (χ1) is 11.7. The van der Waals surface area contributed by atoms with Gasteiger partial charge < -0.3 is 5.11 Å². The molecule has 0 saturated heterocycles. The van der Waals surface area contributed by atoms with E-state index in [0.717, 1.165) is 23.1 Å². The average molecular weight is 331 g/mol. The van der Waals surface area contributed by atoms with Gasteiger partial charge in [0.25, 0.3) is 0 Å². The van der Waals surface area contributed by atoms with E-state index < -0.39 is 6.10 Å². The summed E-state index contributed by atoms with van der Waals surface area (Å²) in [6.45, 7) is 11.3. The Hall–Kier alpha value is -2.04. The fraction of sp³-hybridized carbons (Fsp3) is 0.417. The Balaban J connectivity index is 2.03. The van der Waals surface area contributed by atoms with Crippen LogP contribution in [-0.2, 0) is 10.8 Å². The molecule has 3 rings (SSSR count). The molecule has 1 aliphatic carbocycles. The third-order valence-corrected chi connectivity index (χ3v) is 5.61. The van der Waals surface area contributed by atoms with Crippen molar-refractivity contribution < 1.29 is 5.11 Å². The lowest BCUT2D eigenvalue weighted by atomic mass is 9.62. The van der Waals surface area contributed by atoms with Crippen LogP contribution in [0.2, 0.25) is 0 Å². The summed E-state index contributed by atoms with van der Waals surface area (Å²) in [6.07, 6.45) is 1.59. The fourth-order valence-corrected chi connectivity index (χ4v) is 3.73. The van der Waals surface area contributed by atoms with Gasteiger partial charge in [-0.25, -0.2) is 0 Å². The molecule has 0 saturated carbocycles. The van der Waals surface area contributed by atoms with Gasteiger partial charge in [0.2, 0.25) is 0 Å². The first-order valence-electron chi connectivity index (χ1n) is 9.02. The summed E-state index contributed by atoms with van der Waals surface area (Å²) < 4.78 is 0. The largest absolute Gasteiger partial charge is 0.376 e. The highest BCUT2D eigenvalue weighted by Crippen LogP contribution is 2.47. The molecule has 0 spiro atoms. The van der Waals surface area contributed by atoms with E-state index in [1.54, 1.807) is 0 Å². The molecule has 2 aromatic rings. The number of hydrogen-bond donors (Lipinski definition) is 1. The van der Waals surface area contributed by atoms with E-state index in [1.807, 2.05) is 24.3 Å². The summed E-state index contributed by atoms with van der Waals surface area (Å²) in [4.78, 5) is 0. The zero-order valence-corrected chi connectivity index (χ0v) is 15.9. The quantitative estimate of drug-likeness (QED) is 0.710. The molecule has 0 fully saturated rings. The Morgan fingerprint density at radius 3 is 2.16 bits per heavy atom. The third-order valence-electron chi connectivity index (χ3n) is 5.61. The molecule has 1 atom stereocenters.